The van der Waals surface area contributed by atoms with Crippen molar-refractivity contribution in [1.82, 2.24) is 5.32 Å². The van der Waals surface area contributed by atoms with E-state index in [-0.39, 0.29) is 30.4 Å². The highest BCUT2D eigenvalue weighted by molar-refractivity contribution is 5.79. The number of hydrogen-bond donors (Lipinski definition) is 2. The van der Waals surface area contributed by atoms with Crippen LogP contribution in [0.3, 0.4) is 0 Å². The van der Waals surface area contributed by atoms with Gasteiger partial charge in [-0.25, -0.2) is 0 Å². The maximum Gasteiger partial charge on any atom is 0.416 e. The van der Waals surface area contributed by atoms with Crippen molar-refractivity contribution in [2.45, 2.75) is 38.4 Å². The minimum atomic E-state index is -4.35. The summed E-state index contributed by atoms with van der Waals surface area (Å²) < 4.78 is 37.7. The van der Waals surface area contributed by atoms with Crippen LogP contribution in [0.2, 0.25) is 0 Å². The van der Waals surface area contributed by atoms with Crippen LogP contribution in [0.25, 0.3) is 0 Å². The summed E-state index contributed by atoms with van der Waals surface area (Å²) in [5.74, 6) is -0.320. The van der Waals surface area contributed by atoms with E-state index in [1.165, 1.54) is 12.1 Å². The van der Waals surface area contributed by atoms with Crippen molar-refractivity contribution in [2.75, 3.05) is 6.61 Å². The van der Waals surface area contributed by atoms with Gasteiger partial charge in [0, 0.05) is 24.5 Å². The van der Waals surface area contributed by atoms with Gasteiger partial charge in [0.15, 0.2) is 0 Å². The molecule has 0 bridgehead atoms. The van der Waals surface area contributed by atoms with Crippen LogP contribution in [-0.2, 0) is 17.4 Å². The second-order valence-corrected chi connectivity index (χ2v) is 6.18. The number of nitrogens with one attached hydrogen (secondary N) is 1. The zero-order valence-corrected chi connectivity index (χ0v) is 13.5. The molecule has 0 saturated carbocycles. The summed E-state index contributed by atoms with van der Waals surface area (Å²) >= 11 is 0. The molecule has 3 nitrogen and oxygen atoms in total. The number of alkyl halides is 3. The lowest BCUT2D eigenvalue weighted by atomic mass is 9.95. The molecule has 24 heavy (non-hydrogen) atoms. The smallest absolute Gasteiger partial charge is 0.396 e. The lowest BCUT2D eigenvalue weighted by Crippen LogP contribution is -2.38. The first kappa shape index (κ1) is 18.5. The molecule has 0 aromatic heterocycles. The first-order chi connectivity index (χ1) is 11.3. The Kier molecular flexibility index (Phi) is 6.04. The van der Waals surface area contributed by atoms with Gasteiger partial charge in [0.2, 0.25) is 5.91 Å². The third-order valence-corrected chi connectivity index (χ3v) is 4.36. The van der Waals surface area contributed by atoms with Crippen molar-refractivity contribution in [2.24, 2.45) is 11.8 Å². The van der Waals surface area contributed by atoms with Crippen LogP contribution in [0.4, 0.5) is 13.2 Å². The average Bonchev–Trinajstić information content (AvgIpc) is 2.99. The van der Waals surface area contributed by atoms with Gasteiger partial charge in [0.25, 0.3) is 0 Å². The number of aliphatic hydroxyl groups is 1. The number of amides is 1. The summed E-state index contributed by atoms with van der Waals surface area (Å²) in [6.07, 6.45) is 1.11. The van der Waals surface area contributed by atoms with E-state index in [0.29, 0.717) is 24.8 Å². The van der Waals surface area contributed by atoms with E-state index in [9.17, 15) is 18.0 Å². The zero-order chi connectivity index (χ0) is 17.7. The minimum Gasteiger partial charge on any atom is -0.396 e. The standard InChI is InChI=1S/C18H22F3NO2/c1-2-14(17(24)22-16-8-5-13(10-16)11-23)9-12-3-6-15(7-4-12)18(19,20)21/h3-8,13-14,16,23H,2,9-11H2,1H3,(H,22,24)/t13-,14+,16+/m0/s1. The third kappa shape index (κ3) is 4.84. The molecular formula is C18H22F3NO2. The van der Waals surface area contributed by atoms with E-state index in [2.05, 4.69) is 5.32 Å². The number of aliphatic hydroxyl groups excluding tert-OH is 1. The second kappa shape index (κ2) is 7.83. The maximum absolute atomic E-state index is 12.6. The topological polar surface area (TPSA) is 49.3 Å². The number of hydrogen-bond acceptors (Lipinski definition) is 2. The molecule has 0 unspecified atom stereocenters. The Bertz CT molecular complexity index is 581. The Morgan fingerprint density at radius 1 is 1.29 bits per heavy atom. The molecule has 0 fully saturated rings. The molecule has 1 aliphatic rings. The van der Waals surface area contributed by atoms with E-state index in [4.69, 9.17) is 5.11 Å². The molecule has 0 heterocycles. The van der Waals surface area contributed by atoms with E-state index < -0.39 is 11.7 Å². The molecule has 1 aromatic carbocycles. The van der Waals surface area contributed by atoms with Gasteiger partial charge in [0.1, 0.15) is 0 Å². The molecule has 1 aliphatic carbocycles. The molecule has 2 rings (SSSR count). The van der Waals surface area contributed by atoms with E-state index in [0.717, 1.165) is 12.1 Å². The van der Waals surface area contributed by atoms with Crippen LogP contribution in [0.5, 0.6) is 0 Å². The molecule has 2 N–H and O–H groups in total. The minimum absolute atomic E-state index is 0.0611. The molecule has 0 radical (unpaired) electrons. The molecular weight excluding hydrogens is 319 g/mol. The molecule has 0 saturated heterocycles. The number of rotatable bonds is 6. The van der Waals surface area contributed by atoms with Crippen molar-refractivity contribution >= 4 is 5.91 Å². The summed E-state index contributed by atoms with van der Waals surface area (Å²) in [6, 6.07) is 4.86. The molecule has 3 atom stereocenters. The molecule has 132 valence electrons. The van der Waals surface area contributed by atoms with E-state index in [1.807, 2.05) is 19.1 Å². The molecule has 1 aromatic rings. The zero-order valence-electron chi connectivity index (χ0n) is 13.5. The first-order valence-electron chi connectivity index (χ1n) is 8.09. The second-order valence-electron chi connectivity index (χ2n) is 6.18. The molecule has 1 amide bonds. The Labute approximate surface area is 139 Å². The van der Waals surface area contributed by atoms with Crippen LogP contribution in [0.1, 0.15) is 30.9 Å². The summed E-state index contributed by atoms with van der Waals surface area (Å²) in [6.45, 7) is 1.95. The summed E-state index contributed by atoms with van der Waals surface area (Å²) in [5, 5.41) is 12.0. The van der Waals surface area contributed by atoms with Crippen LogP contribution in [0, 0.1) is 11.8 Å². The van der Waals surface area contributed by atoms with Gasteiger partial charge in [-0.1, -0.05) is 31.2 Å². The van der Waals surface area contributed by atoms with Gasteiger partial charge in [-0.2, -0.15) is 13.2 Å². The fourth-order valence-corrected chi connectivity index (χ4v) is 2.85. The van der Waals surface area contributed by atoms with Crippen molar-refractivity contribution < 1.29 is 23.1 Å². The number of benzene rings is 1. The lowest BCUT2D eigenvalue weighted by Gasteiger charge is -2.19. The number of halogens is 3. The van der Waals surface area contributed by atoms with Gasteiger partial charge >= 0.3 is 6.18 Å². The summed E-state index contributed by atoms with van der Waals surface area (Å²) in [7, 11) is 0. The largest absolute Gasteiger partial charge is 0.416 e. The van der Waals surface area contributed by atoms with Gasteiger partial charge in [0.05, 0.1) is 5.56 Å². The van der Waals surface area contributed by atoms with Crippen LogP contribution in [-0.4, -0.2) is 23.7 Å². The van der Waals surface area contributed by atoms with Gasteiger partial charge in [-0.05, 0) is 37.0 Å². The van der Waals surface area contributed by atoms with Gasteiger partial charge < -0.3 is 10.4 Å². The Morgan fingerprint density at radius 3 is 2.46 bits per heavy atom. The molecule has 0 spiro atoms. The van der Waals surface area contributed by atoms with Crippen molar-refractivity contribution in [3.8, 4) is 0 Å². The fraction of sp³-hybridized carbons (Fsp3) is 0.500. The normalized spacial score (nSPS) is 21.7. The highest BCUT2D eigenvalue weighted by Gasteiger charge is 2.30. The molecule has 0 aliphatic heterocycles. The Hall–Kier alpha value is -1.82. The Morgan fingerprint density at radius 2 is 1.96 bits per heavy atom. The summed E-state index contributed by atoms with van der Waals surface area (Å²) in [5.41, 5.74) is 0.0232. The van der Waals surface area contributed by atoms with Crippen molar-refractivity contribution in [1.29, 1.82) is 0 Å². The first-order valence-corrected chi connectivity index (χ1v) is 8.09. The van der Waals surface area contributed by atoms with Gasteiger partial charge in [-0.3, -0.25) is 4.79 Å². The van der Waals surface area contributed by atoms with E-state index in [1.54, 1.807) is 0 Å². The average molecular weight is 341 g/mol. The highest BCUT2D eigenvalue weighted by atomic mass is 19.4. The Balaban J connectivity index is 1.94. The molecule has 6 heteroatoms. The predicted molar refractivity (Wildman–Crippen MR) is 85.2 cm³/mol. The maximum atomic E-state index is 12.6. The van der Waals surface area contributed by atoms with Crippen LogP contribution >= 0.6 is 0 Å². The van der Waals surface area contributed by atoms with Crippen molar-refractivity contribution in [3.63, 3.8) is 0 Å². The monoisotopic (exact) mass is 341 g/mol. The third-order valence-electron chi connectivity index (χ3n) is 4.36. The van der Waals surface area contributed by atoms with Crippen LogP contribution < -0.4 is 5.32 Å². The quantitative estimate of drug-likeness (QED) is 0.780. The number of carbonyl (C=O) groups is 1. The predicted octanol–water partition coefficient (Wildman–Crippen LogP) is 3.33. The highest BCUT2D eigenvalue weighted by Crippen LogP contribution is 2.29. The fourth-order valence-electron chi connectivity index (χ4n) is 2.85. The van der Waals surface area contributed by atoms with Crippen LogP contribution in [0.15, 0.2) is 36.4 Å². The number of carbonyl (C=O) groups excluding carboxylic acids is 1. The van der Waals surface area contributed by atoms with Gasteiger partial charge in [-0.15, -0.1) is 0 Å². The lowest BCUT2D eigenvalue weighted by molar-refractivity contribution is -0.137. The van der Waals surface area contributed by atoms with E-state index >= 15 is 0 Å². The SMILES string of the molecule is CC[C@H](Cc1ccc(C(F)(F)F)cc1)C(=O)N[C@@H]1C=C[C@H](CO)C1. The van der Waals surface area contributed by atoms with Crippen molar-refractivity contribution in [3.05, 3.63) is 47.5 Å². The summed E-state index contributed by atoms with van der Waals surface area (Å²) in [4.78, 5) is 12.4.